The monoisotopic (exact) mass is 135 g/mol. The van der Waals surface area contributed by atoms with Gasteiger partial charge >= 0.3 is 6.03 Å². The number of rotatable bonds is 0. The molecule has 1 heterocycles. The molecule has 4 nitrogen and oxygen atoms in total. The normalized spacial score (nSPS) is 23.0. The van der Waals surface area contributed by atoms with Crippen molar-refractivity contribution >= 4 is 12.2 Å². The Morgan fingerprint density at radius 3 is 3.00 bits per heavy atom. The summed E-state index contributed by atoms with van der Waals surface area (Å²) in [5.74, 6) is 0. The molecule has 10 heavy (non-hydrogen) atoms. The van der Waals surface area contributed by atoms with Crippen molar-refractivity contribution in [2.75, 3.05) is 0 Å². The number of nitrogens with zero attached hydrogens (tertiary/aromatic N) is 3. The van der Waals surface area contributed by atoms with Gasteiger partial charge in [-0.1, -0.05) is 11.2 Å². The fraction of sp³-hybridized carbons (Fsp3) is 0. The van der Waals surface area contributed by atoms with Gasteiger partial charge in [0.2, 0.25) is 0 Å². The van der Waals surface area contributed by atoms with Crippen LogP contribution in [0.5, 0.6) is 0 Å². The first-order valence-corrected chi connectivity index (χ1v) is 2.70. The molecule has 50 valence electrons. The van der Waals surface area contributed by atoms with E-state index in [2.05, 4.69) is 15.2 Å². The Bertz CT molecular complexity index is 213. The van der Waals surface area contributed by atoms with Gasteiger partial charge in [-0.25, -0.2) is 4.79 Å². The van der Waals surface area contributed by atoms with Crippen molar-refractivity contribution < 1.29 is 4.79 Å². The van der Waals surface area contributed by atoms with Gasteiger partial charge in [0, 0.05) is 12.4 Å². The van der Waals surface area contributed by atoms with Crippen molar-refractivity contribution in [3.63, 3.8) is 0 Å². The Morgan fingerprint density at radius 1 is 1.20 bits per heavy atom. The van der Waals surface area contributed by atoms with Gasteiger partial charge in [0.05, 0.1) is 0 Å². The second kappa shape index (κ2) is 3.45. The molecule has 0 spiro atoms. The number of aliphatic imine (C=N–C) groups is 1. The summed E-state index contributed by atoms with van der Waals surface area (Å²) in [6, 6.07) is -0.587. The van der Waals surface area contributed by atoms with E-state index in [1.807, 2.05) is 0 Å². The number of hydrogen-bond acceptors (Lipinski definition) is 2. The molecule has 0 bridgehead atoms. The van der Waals surface area contributed by atoms with Crippen molar-refractivity contribution in [3.05, 3.63) is 24.4 Å². The molecule has 1 aliphatic rings. The number of azo groups is 1. The van der Waals surface area contributed by atoms with E-state index < -0.39 is 6.03 Å². The van der Waals surface area contributed by atoms with E-state index in [-0.39, 0.29) is 0 Å². The molecule has 4 heteroatoms. The number of hydrogen-bond donors (Lipinski definition) is 0. The maximum atomic E-state index is 10.5. The number of amides is 2. The molecule has 0 N–H and O–H groups in total. The summed E-state index contributed by atoms with van der Waals surface area (Å²) in [5, 5.41) is 6.61. The Labute approximate surface area is 57.7 Å². The van der Waals surface area contributed by atoms with Crippen LogP contribution in [-0.2, 0) is 0 Å². The minimum absolute atomic E-state index is 0.587. The maximum Gasteiger partial charge on any atom is 0.385 e. The lowest BCUT2D eigenvalue weighted by Gasteiger charge is -1.74. The molecular formula is C6H5N3O. The summed E-state index contributed by atoms with van der Waals surface area (Å²) in [4.78, 5) is 13.9. The lowest BCUT2D eigenvalue weighted by atomic mass is 10.5. The minimum atomic E-state index is -0.587. The topological polar surface area (TPSA) is 54.1 Å². The van der Waals surface area contributed by atoms with Crippen LogP contribution in [0.3, 0.4) is 0 Å². The summed E-state index contributed by atoms with van der Waals surface area (Å²) in [5.41, 5.74) is 0. The highest BCUT2D eigenvalue weighted by atomic mass is 16.2. The van der Waals surface area contributed by atoms with Crippen molar-refractivity contribution in [3.8, 4) is 0 Å². The molecule has 1 aliphatic heterocycles. The standard InChI is InChI=1S/C6H5N3O/c10-6-7-4-2-1-3-5-8-9-6/h1-5H/b2-1-,5-3+,7-4?,9-8?. The van der Waals surface area contributed by atoms with Crippen LogP contribution in [0.1, 0.15) is 0 Å². The molecule has 0 fully saturated rings. The molecular weight excluding hydrogens is 130 g/mol. The summed E-state index contributed by atoms with van der Waals surface area (Å²) in [6.07, 6.45) is 7.79. The van der Waals surface area contributed by atoms with Gasteiger partial charge in [0.25, 0.3) is 0 Å². The molecule has 1 rings (SSSR count). The Kier molecular flexibility index (Phi) is 2.25. The molecule has 0 unspecified atom stereocenters. The van der Waals surface area contributed by atoms with Crippen LogP contribution in [0.25, 0.3) is 0 Å². The number of carbonyl (C=O) groups excluding carboxylic acids is 1. The SMILES string of the molecule is O=C1N=C/C=C\C=C\N=N1. The number of urea groups is 1. The summed E-state index contributed by atoms with van der Waals surface area (Å²) in [6.45, 7) is 0. The molecule has 0 aromatic rings. The van der Waals surface area contributed by atoms with Crippen molar-refractivity contribution in [2.24, 2.45) is 15.2 Å². The van der Waals surface area contributed by atoms with Gasteiger partial charge in [0.1, 0.15) is 0 Å². The Balaban J connectivity index is 2.80. The van der Waals surface area contributed by atoms with Crippen molar-refractivity contribution in [1.82, 2.24) is 0 Å². The first-order chi connectivity index (χ1) is 4.89. The smallest absolute Gasteiger partial charge is 0.242 e. The third kappa shape index (κ3) is 2.13. The lowest BCUT2D eigenvalue weighted by molar-refractivity contribution is 0.256. The van der Waals surface area contributed by atoms with E-state index in [0.29, 0.717) is 0 Å². The van der Waals surface area contributed by atoms with Crippen LogP contribution in [0.15, 0.2) is 39.6 Å². The van der Waals surface area contributed by atoms with Crippen molar-refractivity contribution in [2.45, 2.75) is 0 Å². The van der Waals surface area contributed by atoms with Crippen LogP contribution in [-0.4, -0.2) is 12.2 Å². The molecule has 0 saturated heterocycles. The molecule has 0 aromatic carbocycles. The molecule has 0 saturated carbocycles. The molecule has 0 atom stereocenters. The highest BCUT2D eigenvalue weighted by molar-refractivity contribution is 5.87. The minimum Gasteiger partial charge on any atom is -0.242 e. The second-order valence-electron chi connectivity index (χ2n) is 1.50. The van der Waals surface area contributed by atoms with Crippen LogP contribution in [0.4, 0.5) is 4.79 Å². The quantitative estimate of drug-likeness (QED) is 0.498. The van der Waals surface area contributed by atoms with Gasteiger partial charge in [0.15, 0.2) is 0 Å². The van der Waals surface area contributed by atoms with E-state index in [0.717, 1.165) is 0 Å². The van der Waals surface area contributed by atoms with Gasteiger partial charge in [-0.2, -0.15) is 10.1 Å². The Morgan fingerprint density at radius 2 is 2.10 bits per heavy atom. The van der Waals surface area contributed by atoms with E-state index >= 15 is 0 Å². The van der Waals surface area contributed by atoms with E-state index in [1.54, 1.807) is 18.2 Å². The van der Waals surface area contributed by atoms with Crippen LogP contribution in [0, 0.1) is 0 Å². The third-order valence-electron chi connectivity index (χ3n) is 0.789. The summed E-state index contributed by atoms with van der Waals surface area (Å²) in [7, 11) is 0. The van der Waals surface area contributed by atoms with E-state index in [1.165, 1.54) is 12.4 Å². The molecule has 2 amide bonds. The predicted octanol–water partition coefficient (Wildman–Crippen LogP) is 1.71. The summed E-state index contributed by atoms with van der Waals surface area (Å²) >= 11 is 0. The second-order valence-corrected chi connectivity index (χ2v) is 1.50. The zero-order valence-electron chi connectivity index (χ0n) is 5.14. The van der Waals surface area contributed by atoms with Gasteiger partial charge in [-0.15, -0.1) is 0 Å². The van der Waals surface area contributed by atoms with Crippen LogP contribution in [0.2, 0.25) is 0 Å². The van der Waals surface area contributed by atoms with Crippen LogP contribution < -0.4 is 0 Å². The largest absolute Gasteiger partial charge is 0.385 e. The molecule has 0 aliphatic carbocycles. The first-order valence-electron chi connectivity index (χ1n) is 2.70. The van der Waals surface area contributed by atoms with Crippen LogP contribution >= 0.6 is 0 Å². The van der Waals surface area contributed by atoms with E-state index in [9.17, 15) is 4.79 Å². The maximum absolute atomic E-state index is 10.5. The Hall–Kier alpha value is -1.58. The van der Waals surface area contributed by atoms with Gasteiger partial charge < -0.3 is 0 Å². The summed E-state index contributed by atoms with van der Waals surface area (Å²) < 4.78 is 0. The van der Waals surface area contributed by atoms with E-state index in [4.69, 9.17) is 0 Å². The zero-order chi connectivity index (χ0) is 7.23. The lowest BCUT2D eigenvalue weighted by Crippen LogP contribution is -1.80. The molecule has 0 aromatic heterocycles. The highest BCUT2D eigenvalue weighted by Gasteiger charge is 1.88. The highest BCUT2D eigenvalue weighted by Crippen LogP contribution is 1.88. The first kappa shape index (κ1) is 6.54. The average molecular weight is 135 g/mol. The predicted molar refractivity (Wildman–Crippen MR) is 37.0 cm³/mol. The third-order valence-corrected chi connectivity index (χ3v) is 0.789. The van der Waals surface area contributed by atoms with Crippen molar-refractivity contribution in [1.29, 1.82) is 0 Å². The average Bonchev–Trinajstić information content (AvgIpc) is 2.02. The number of carbonyl (C=O) groups is 1. The van der Waals surface area contributed by atoms with Gasteiger partial charge in [-0.3, -0.25) is 0 Å². The molecule has 0 radical (unpaired) electrons. The number of allylic oxidation sites excluding steroid dienone is 3. The fourth-order valence-corrected chi connectivity index (χ4v) is 0.417. The fourth-order valence-electron chi connectivity index (χ4n) is 0.417. The zero-order valence-corrected chi connectivity index (χ0v) is 5.14. The van der Waals surface area contributed by atoms with Gasteiger partial charge in [-0.05, 0) is 12.2 Å².